The monoisotopic (exact) mass is 1240 g/mol. The third-order valence-corrected chi connectivity index (χ3v) is 18.2. The Kier molecular flexibility index (Phi) is 20.4. The van der Waals surface area contributed by atoms with Crippen molar-refractivity contribution < 1.29 is 62.9 Å². The molecule has 22 nitrogen and oxygen atoms in total. The number of nitrogens with one attached hydrogen (secondary N) is 5. The highest BCUT2D eigenvalue weighted by Crippen LogP contribution is 2.41. The van der Waals surface area contributed by atoms with Crippen molar-refractivity contribution in [2.75, 3.05) is 11.4 Å². The molecule has 3 aliphatic heterocycles. The van der Waals surface area contributed by atoms with E-state index in [0.717, 1.165) is 44.0 Å². The second-order valence-electron chi connectivity index (χ2n) is 24.0. The number of primary amides is 1. The predicted octanol–water partition coefficient (Wildman–Crippen LogP) is 6.12. The summed E-state index contributed by atoms with van der Waals surface area (Å²) in [6.45, 7) is 9.66. The molecule has 1 saturated heterocycles. The molecule has 0 bridgehead atoms. The molecular weight excluding hydrogens is 1170 g/mol. The van der Waals surface area contributed by atoms with Crippen LogP contribution >= 0.6 is 18.9 Å². The van der Waals surface area contributed by atoms with Crippen molar-refractivity contribution in [2.24, 2.45) is 11.1 Å². The van der Waals surface area contributed by atoms with Gasteiger partial charge in [-0.25, -0.2) is 4.98 Å². The highest BCUT2D eigenvalue weighted by atomic mass is 32.1. The molecule has 24 heteroatoms. The summed E-state index contributed by atoms with van der Waals surface area (Å²) < 4.78 is 17.9. The van der Waals surface area contributed by atoms with E-state index in [1.807, 2.05) is 107 Å². The van der Waals surface area contributed by atoms with Gasteiger partial charge in [-0.2, -0.15) is 0 Å². The largest absolute Gasteiger partial charge is 0.396 e. The molecule has 466 valence electrons. The number of β-amino-alcohol motifs (C(OH)–C–C–N with tert-alkyl or cyclic N) is 1. The molecule has 88 heavy (non-hydrogen) atoms. The number of carbonyl (C=O) groups excluding carboxylic acids is 7. The molecule has 3 aliphatic rings. The number of nitrogens with zero attached hydrogens (tertiary/aromatic N) is 3. The van der Waals surface area contributed by atoms with Gasteiger partial charge in [-0.1, -0.05) is 99.7 Å². The summed E-state index contributed by atoms with van der Waals surface area (Å²) >= 11 is 1.56. The number of nitrogens with two attached hydrogens (primary N) is 1. The van der Waals surface area contributed by atoms with Crippen LogP contribution in [-0.2, 0) is 64.1 Å². The van der Waals surface area contributed by atoms with Gasteiger partial charge in [0, 0.05) is 55.2 Å². The van der Waals surface area contributed by atoms with Crippen molar-refractivity contribution in [3.8, 4) is 10.4 Å². The lowest BCUT2D eigenvalue weighted by atomic mass is 9.85. The van der Waals surface area contributed by atoms with Gasteiger partial charge in [0.05, 0.1) is 58.4 Å². The van der Waals surface area contributed by atoms with Gasteiger partial charge in [0.2, 0.25) is 35.4 Å². The number of aromatic amines is 1. The minimum atomic E-state index is -5.04. The second-order valence-corrected chi connectivity index (χ2v) is 26.4. The van der Waals surface area contributed by atoms with Crippen molar-refractivity contribution in [3.63, 3.8) is 0 Å². The van der Waals surface area contributed by atoms with E-state index in [1.54, 1.807) is 23.8 Å². The van der Waals surface area contributed by atoms with E-state index in [0.29, 0.717) is 35.9 Å². The number of aryl methyl sites for hydroxylation is 2. The number of para-hydroxylation sites is 1. The number of aliphatic hydroxyl groups is 2. The number of likely N-dealkylation sites (tertiary alicyclic amines) is 1. The first-order valence-corrected chi connectivity index (χ1v) is 31.9. The van der Waals surface area contributed by atoms with Crippen LogP contribution in [0.3, 0.4) is 0 Å². The van der Waals surface area contributed by atoms with Gasteiger partial charge in [0.25, 0.3) is 5.52 Å². The summed E-state index contributed by atoms with van der Waals surface area (Å²) in [7, 11) is -5.04. The molecule has 4 aromatic carbocycles. The summed E-state index contributed by atoms with van der Waals surface area (Å²) in [6, 6.07) is 22.2. The van der Waals surface area contributed by atoms with Crippen molar-refractivity contribution in [1.29, 1.82) is 0 Å². The second kappa shape index (κ2) is 27.8. The van der Waals surface area contributed by atoms with E-state index in [4.69, 9.17) is 10.5 Å². The van der Waals surface area contributed by atoms with Crippen LogP contribution in [-0.4, -0.2) is 125 Å². The Hall–Kier alpha value is -7.73. The van der Waals surface area contributed by atoms with Crippen LogP contribution in [0.2, 0.25) is 0 Å². The Balaban J connectivity index is 0.748. The van der Waals surface area contributed by atoms with Crippen molar-refractivity contribution in [1.82, 2.24) is 36.1 Å². The van der Waals surface area contributed by atoms with Crippen LogP contribution in [0.5, 0.6) is 0 Å². The minimum Gasteiger partial charge on any atom is -0.391 e. The van der Waals surface area contributed by atoms with Gasteiger partial charge in [-0.3, -0.25) is 48.3 Å². The zero-order valence-electron chi connectivity index (χ0n) is 49.7. The van der Waals surface area contributed by atoms with Crippen LogP contribution in [0, 0.1) is 12.3 Å². The topological polar surface area (TPSA) is 336 Å². The predicted molar refractivity (Wildman–Crippen MR) is 332 cm³/mol. The van der Waals surface area contributed by atoms with Crippen LogP contribution < -0.4 is 31.9 Å². The first-order valence-electron chi connectivity index (χ1n) is 29.4. The number of benzene rings is 4. The van der Waals surface area contributed by atoms with E-state index >= 15 is 0 Å². The number of aromatic nitrogens is 2. The van der Waals surface area contributed by atoms with E-state index in [2.05, 4.69) is 31.2 Å². The number of fused-ring (bicyclic) bond motifs is 1. The van der Waals surface area contributed by atoms with Crippen LogP contribution in [0.4, 0.5) is 5.69 Å². The maximum atomic E-state index is 14.6. The van der Waals surface area contributed by atoms with E-state index < -0.39 is 90.8 Å². The first kappa shape index (κ1) is 64.7. The lowest BCUT2D eigenvalue weighted by Gasteiger charge is -2.35. The van der Waals surface area contributed by atoms with Gasteiger partial charge < -0.3 is 56.3 Å². The fourth-order valence-corrected chi connectivity index (χ4v) is 12.8. The SMILES string of the molecule is Cc1ncsc1-c1ccc(CNC(=O)[C@@H]2C[C@@H](O)CN2C(=O)[C@@H](NC(=O)CCC/C=C/c2ccc(CO[C@H](C)[C@H](CCC(N)=O)NC(=O)[C@@H]3Cc4cccc5c4N3C(=O)[C@@H](NC(O)c3cc4cc(C(=O)P(=O)(O)O)ccc4[nH]3)CC5)cc2)C(C)(C)C)cc1. The quantitative estimate of drug-likeness (QED) is 0.0175. The Morgan fingerprint density at radius 2 is 1.66 bits per heavy atom. The number of anilines is 1. The average Bonchev–Trinajstić information content (AvgIpc) is 1.95. The molecule has 8 atom stereocenters. The summed E-state index contributed by atoms with van der Waals surface area (Å²) in [6.07, 6.45) is 3.34. The number of H-pyrrole nitrogens is 1. The minimum absolute atomic E-state index is 0.0271. The normalized spacial score (nSPS) is 19.0. The molecule has 0 saturated carbocycles. The number of carbonyl (C=O) groups is 7. The smallest absolute Gasteiger partial charge is 0.391 e. The summed E-state index contributed by atoms with van der Waals surface area (Å²) in [4.78, 5) is 125. The maximum Gasteiger partial charge on any atom is 0.396 e. The van der Waals surface area contributed by atoms with Gasteiger partial charge in [-0.05, 0) is 109 Å². The number of allylic oxidation sites excluding steroid dienone is 1. The lowest BCUT2D eigenvalue weighted by Crippen LogP contribution is -2.57. The number of aliphatic hydroxyl groups excluding tert-OH is 2. The van der Waals surface area contributed by atoms with Gasteiger partial charge in [0.1, 0.15) is 24.4 Å². The zero-order chi connectivity index (χ0) is 63.2. The first-order chi connectivity index (χ1) is 41.8. The number of unbranched alkanes of at least 4 members (excludes halogenated alkanes) is 1. The lowest BCUT2D eigenvalue weighted by molar-refractivity contribution is -0.144. The molecule has 9 rings (SSSR count). The fourth-order valence-electron chi connectivity index (χ4n) is 11.6. The van der Waals surface area contributed by atoms with E-state index in [1.165, 1.54) is 34.1 Å². The summed E-state index contributed by atoms with van der Waals surface area (Å²) in [5.74, 6) is -2.59. The number of amides is 6. The Labute approximate surface area is 513 Å². The zero-order valence-corrected chi connectivity index (χ0v) is 51.4. The number of hydrogen-bond donors (Lipinski definition) is 10. The van der Waals surface area contributed by atoms with Crippen molar-refractivity contribution >= 4 is 82.6 Å². The molecule has 11 N–H and O–H groups in total. The molecular formula is C64H76N9O13PS. The van der Waals surface area contributed by atoms with Crippen LogP contribution in [0.15, 0.2) is 103 Å². The van der Waals surface area contributed by atoms with E-state index in [9.17, 15) is 58.1 Å². The van der Waals surface area contributed by atoms with Gasteiger partial charge in [0.15, 0.2) is 0 Å². The Morgan fingerprint density at radius 3 is 2.35 bits per heavy atom. The molecule has 0 spiro atoms. The summed E-state index contributed by atoms with van der Waals surface area (Å²) in [5.41, 5.74) is 12.8. The molecule has 1 fully saturated rings. The molecule has 1 unspecified atom stereocenters. The van der Waals surface area contributed by atoms with Crippen LogP contribution in [0.1, 0.15) is 128 Å². The molecule has 6 aromatic rings. The van der Waals surface area contributed by atoms with Crippen LogP contribution in [0.25, 0.3) is 27.4 Å². The van der Waals surface area contributed by atoms with Crippen molar-refractivity contribution in [2.45, 2.75) is 154 Å². The molecule has 2 aromatic heterocycles. The molecule has 0 aliphatic carbocycles. The van der Waals surface area contributed by atoms with Crippen molar-refractivity contribution in [3.05, 3.63) is 147 Å². The highest BCUT2D eigenvalue weighted by molar-refractivity contribution is 7.70. The number of thiazole rings is 1. The van der Waals surface area contributed by atoms with Gasteiger partial charge >= 0.3 is 7.60 Å². The third kappa shape index (κ3) is 15.6. The average molecular weight is 1240 g/mol. The third-order valence-electron chi connectivity index (χ3n) is 16.4. The Morgan fingerprint density at radius 1 is 0.932 bits per heavy atom. The number of ether oxygens (including phenoxy) is 1. The molecule has 5 heterocycles. The number of hydrogen-bond acceptors (Lipinski definition) is 14. The fraction of sp³-hybridized carbons (Fsp3) is 0.406. The molecule has 6 amide bonds. The maximum absolute atomic E-state index is 14.6. The number of rotatable bonds is 25. The summed E-state index contributed by atoms with van der Waals surface area (Å²) in [5, 5.41) is 34.4. The Bertz CT molecular complexity index is 3650. The standard InChI is InChI=1S/C64H76N9O13PS/c1-36-56(88-35-67-36)42-20-18-39(19-21-42)32-66-59(78)51-31-46(74)33-72(51)62(81)57(64(3,4)5)71-54(76)13-8-6-7-10-38-14-16-40(17-15-38)34-86-37(2)47(26-27-53(65)75)69-60(79)52-30-43-12-9-11-41-22-25-49(61(80)73(52)55(41)43)70-58(77)50-29-45-28-44(23-24-48(45)68-50)63(82)87(83,84)85/h7,9-12,14-21,23-24,28-29,35,37,46-47,49,51-52,57-58,68,70,74,77H,6,8,13,22,25-27,30-34H2,1-5H3,(H2,65,75)(H,66,78)(H,69,79)(H,71,76)(H2,83,84,85)/b10-7+/t37-,46-,47+,49+,51+,52+,57-,58?/m1/s1. The van der Waals surface area contributed by atoms with Gasteiger partial charge in [-0.15, -0.1) is 11.3 Å². The van der Waals surface area contributed by atoms with E-state index in [-0.39, 0.29) is 81.3 Å². The highest BCUT2D eigenvalue weighted by Gasteiger charge is 2.46. The molecule has 0 radical (unpaired) electrons.